The Bertz CT molecular complexity index is 552. The van der Waals surface area contributed by atoms with Gasteiger partial charge in [0.15, 0.2) is 0 Å². The van der Waals surface area contributed by atoms with Crippen molar-refractivity contribution in [3.05, 3.63) is 66.2 Å². The molecule has 4 nitrogen and oxygen atoms in total. The van der Waals surface area contributed by atoms with Crippen LogP contribution >= 0.6 is 0 Å². The number of carbonyl (C=O) groups excluding carboxylic acids is 2. The Morgan fingerprint density at radius 3 is 1.89 bits per heavy atom. The van der Waals surface area contributed by atoms with Crippen LogP contribution < -0.4 is 5.06 Å². The van der Waals surface area contributed by atoms with Crippen molar-refractivity contribution in [1.82, 2.24) is 0 Å². The number of carbonyl (C=O) groups is 2. The van der Waals surface area contributed by atoms with Gasteiger partial charge < -0.3 is 0 Å². The second-order valence-electron chi connectivity index (χ2n) is 3.65. The van der Waals surface area contributed by atoms with E-state index in [4.69, 9.17) is 0 Å². The maximum absolute atomic E-state index is 11.8. The smallest absolute Gasteiger partial charge is 0.283 e. The number of amides is 1. The van der Waals surface area contributed by atoms with Crippen molar-refractivity contribution in [2.75, 3.05) is 5.06 Å². The van der Waals surface area contributed by atoms with Crippen LogP contribution in [-0.4, -0.2) is 16.9 Å². The molecule has 1 N–H and O–H groups in total. The van der Waals surface area contributed by atoms with Crippen LogP contribution in [0.25, 0.3) is 0 Å². The average molecular weight is 241 g/mol. The number of ketones is 1. The van der Waals surface area contributed by atoms with Crippen molar-refractivity contribution in [2.24, 2.45) is 0 Å². The van der Waals surface area contributed by atoms with Crippen molar-refractivity contribution in [1.29, 1.82) is 0 Å². The molecule has 0 aliphatic heterocycles. The predicted octanol–water partition coefficient (Wildman–Crippen LogP) is 2.29. The maximum Gasteiger partial charge on any atom is 0.323 e. The topological polar surface area (TPSA) is 57.6 Å². The lowest BCUT2D eigenvalue weighted by Gasteiger charge is -2.13. The first-order valence-corrected chi connectivity index (χ1v) is 5.38. The number of benzene rings is 2. The van der Waals surface area contributed by atoms with Crippen LogP contribution in [0.2, 0.25) is 0 Å². The van der Waals surface area contributed by atoms with Gasteiger partial charge in [-0.05, 0) is 12.1 Å². The summed E-state index contributed by atoms with van der Waals surface area (Å²) in [5.41, 5.74) is 0.504. The molecule has 4 heteroatoms. The summed E-state index contributed by atoms with van der Waals surface area (Å²) in [6.07, 6.45) is 0. The summed E-state index contributed by atoms with van der Waals surface area (Å²) in [5, 5.41) is 10.0. The number of hydrogen-bond acceptors (Lipinski definition) is 3. The first-order chi connectivity index (χ1) is 8.70. The number of anilines is 1. The Labute approximate surface area is 104 Å². The Morgan fingerprint density at radius 2 is 1.33 bits per heavy atom. The molecular formula is C14H11NO3. The molecular weight excluding hydrogens is 230 g/mol. The maximum atomic E-state index is 11.8. The molecule has 0 saturated carbocycles. The van der Waals surface area contributed by atoms with Gasteiger partial charge in [-0.3, -0.25) is 14.8 Å². The second kappa shape index (κ2) is 5.25. The zero-order valence-corrected chi connectivity index (χ0v) is 9.48. The van der Waals surface area contributed by atoms with Crippen LogP contribution in [-0.2, 0) is 4.79 Å². The van der Waals surface area contributed by atoms with Crippen LogP contribution in [0.4, 0.5) is 5.69 Å². The summed E-state index contributed by atoms with van der Waals surface area (Å²) in [6.45, 7) is 0. The van der Waals surface area contributed by atoms with Crippen molar-refractivity contribution in [2.45, 2.75) is 0 Å². The highest BCUT2D eigenvalue weighted by atomic mass is 16.5. The van der Waals surface area contributed by atoms with Crippen molar-refractivity contribution in [3.63, 3.8) is 0 Å². The monoisotopic (exact) mass is 241 g/mol. The van der Waals surface area contributed by atoms with E-state index in [9.17, 15) is 14.8 Å². The largest absolute Gasteiger partial charge is 0.323 e. The molecule has 0 heterocycles. The van der Waals surface area contributed by atoms with Gasteiger partial charge in [0.1, 0.15) is 0 Å². The van der Waals surface area contributed by atoms with Crippen LogP contribution in [0.3, 0.4) is 0 Å². The molecule has 0 atom stereocenters. The first-order valence-electron chi connectivity index (χ1n) is 5.38. The van der Waals surface area contributed by atoms with E-state index >= 15 is 0 Å². The molecule has 0 fully saturated rings. The fourth-order valence-corrected chi connectivity index (χ4v) is 1.50. The van der Waals surface area contributed by atoms with Gasteiger partial charge in [0, 0.05) is 5.56 Å². The van der Waals surface area contributed by atoms with Crippen molar-refractivity contribution in [3.8, 4) is 0 Å². The number of hydroxylamine groups is 1. The fraction of sp³-hybridized carbons (Fsp3) is 0. The van der Waals surface area contributed by atoms with Gasteiger partial charge in [-0.2, -0.15) is 5.06 Å². The minimum Gasteiger partial charge on any atom is -0.283 e. The molecule has 2 aromatic rings. The third-order valence-electron chi connectivity index (χ3n) is 2.42. The van der Waals surface area contributed by atoms with Gasteiger partial charge in [0.25, 0.3) is 5.78 Å². The number of Topliss-reactive ketones (excluding diaryl/α,β-unsaturated/α-hetero) is 1. The van der Waals surface area contributed by atoms with E-state index in [0.29, 0.717) is 5.06 Å². The summed E-state index contributed by atoms with van der Waals surface area (Å²) in [4.78, 5) is 23.6. The Balaban J connectivity index is 2.20. The summed E-state index contributed by atoms with van der Waals surface area (Å²) in [5.74, 6) is -1.73. The lowest BCUT2D eigenvalue weighted by Crippen LogP contribution is -2.33. The van der Waals surface area contributed by atoms with E-state index in [0.717, 1.165) is 0 Å². The Hall–Kier alpha value is -2.46. The molecule has 0 aliphatic rings. The third kappa shape index (κ3) is 2.44. The average Bonchev–Trinajstić information content (AvgIpc) is 2.47. The molecule has 0 saturated heterocycles. The van der Waals surface area contributed by atoms with Gasteiger partial charge in [0.2, 0.25) is 0 Å². The highest BCUT2D eigenvalue weighted by molar-refractivity contribution is 6.46. The summed E-state index contributed by atoms with van der Waals surface area (Å²) >= 11 is 0. The van der Waals surface area contributed by atoms with Gasteiger partial charge in [-0.25, -0.2) is 0 Å². The van der Waals surface area contributed by atoms with E-state index in [2.05, 4.69) is 0 Å². The molecule has 1 amide bonds. The number of rotatable bonds is 3. The zero-order valence-electron chi connectivity index (χ0n) is 9.48. The summed E-state index contributed by atoms with van der Waals surface area (Å²) < 4.78 is 0. The van der Waals surface area contributed by atoms with Crippen LogP contribution in [0.15, 0.2) is 60.7 Å². The van der Waals surface area contributed by atoms with Gasteiger partial charge >= 0.3 is 5.91 Å². The molecule has 0 spiro atoms. The quantitative estimate of drug-likeness (QED) is 0.388. The first kappa shape index (κ1) is 12.0. The summed E-state index contributed by atoms with van der Waals surface area (Å²) in [6, 6.07) is 16.3. The fourth-order valence-electron chi connectivity index (χ4n) is 1.50. The molecule has 0 radical (unpaired) electrons. The van der Waals surface area contributed by atoms with E-state index in [1.165, 1.54) is 24.3 Å². The molecule has 0 aliphatic carbocycles. The third-order valence-corrected chi connectivity index (χ3v) is 2.42. The normalized spacial score (nSPS) is 9.83. The Kier molecular flexibility index (Phi) is 3.50. The van der Waals surface area contributed by atoms with Crippen LogP contribution in [0.1, 0.15) is 10.4 Å². The standard InChI is InChI=1S/C14H11NO3/c16-13(11-7-3-1-4-8-11)14(17)15(18)12-9-5-2-6-10-12/h1-10,18H. The lowest BCUT2D eigenvalue weighted by molar-refractivity contribution is -0.119. The SMILES string of the molecule is O=C(C(=O)N(O)c1ccccc1)c1ccccc1. The number of hydrogen-bond donors (Lipinski definition) is 1. The van der Waals surface area contributed by atoms with E-state index in [1.54, 1.807) is 36.4 Å². The number of nitrogens with zero attached hydrogens (tertiary/aromatic N) is 1. The molecule has 2 rings (SSSR count). The Morgan fingerprint density at radius 1 is 0.833 bits per heavy atom. The molecule has 90 valence electrons. The second-order valence-corrected chi connectivity index (χ2v) is 3.65. The molecule has 2 aromatic carbocycles. The predicted molar refractivity (Wildman–Crippen MR) is 66.5 cm³/mol. The highest BCUT2D eigenvalue weighted by Gasteiger charge is 2.22. The van der Waals surface area contributed by atoms with Gasteiger partial charge in [0.05, 0.1) is 5.69 Å². The van der Waals surface area contributed by atoms with Crippen molar-refractivity contribution < 1.29 is 14.8 Å². The molecule has 0 bridgehead atoms. The number of para-hydroxylation sites is 1. The van der Waals surface area contributed by atoms with Crippen LogP contribution in [0.5, 0.6) is 0 Å². The zero-order chi connectivity index (χ0) is 13.0. The minimum atomic E-state index is -0.979. The molecule has 0 aromatic heterocycles. The van der Waals surface area contributed by atoms with E-state index in [1.807, 2.05) is 0 Å². The highest BCUT2D eigenvalue weighted by Crippen LogP contribution is 2.12. The van der Waals surface area contributed by atoms with Gasteiger partial charge in [-0.1, -0.05) is 48.5 Å². The molecule has 18 heavy (non-hydrogen) atoms. The van der Waals surface area contributed by atoms with Crippen molar-refractivity contribution >= 4 is 17.4 Å². The van der Waals surface area contributed by atoms with Gasteiger partial charge in [-0.15, -0.1) is 0 Å². The molecule has 0 unspecified atom stereocenters. The lowest BCUT2D eigenvalue weighted by atomic mass is 10.1. The van der Waals surface area contributed by atoms with E-state index in [-0.39, 0.29) is 11.3 Å². The summed E-state index contributed by atoms with van der Waals surface area (Å²) in [7, 11) is 0. The minimum absolute atomic E-state index is 0.248. The van der Waals surface area contributed by atoms with E-state index < -0.39 is 11.7 Å². The van der Waals surface area contributed by atoms with Crippen LogP contribution in [0, 0.1) is 0 Å².